The van der Waals surface area contributed by atoms with Crippen LogP contribution in [0.4, 0.5) is 0 Å². The molecule has 9 heteroatoms. The summed E-state index contributed by atoms with van der Waals surface area (Å²) in [6, 6.07) is 0.235. The van der Waals surface area contributed by atoms with Crippen LogP contribution in [0.25, 0.3) is 0 Å². The Bertz CT molecular complexity index is 657. The molecule has 2 N–H and O–H groups in total. The highest BCUT2D eigenvalue weighted by Crippen LogP contribution is 2.16. The van der Waals surface area contributed by atoms with Gasteiger partial charge in [-0.25, -0.2) is 17.7 Å². The summed E-state index contributed by atoms with van der Waals surface area (Å²) in [5.41, 5.74) is 1.07. The van der Waals surface area contributed by atoms with Gasteiger partial charge in [-0.3, -0.25) is 4.99 Å². The van der Waals surface area contributed by atoms with Gasteiger partial charge in [0.25, 0.3) is 0 Å². The first kappa shape index (κ1) is 19.1. The van der Waals surface area contributed by atoms with E-state index in [0.29, 0.717) is 19.6 Å². The first-order valence-electron chi connectivity index (χ1n) is 8.23. The summed E-state index contributed by atoms with van der Waals surface area (Å²) in [4.78, 5) is 9.99. The lowest BCUT2D eigenvalue weighted by Gasteiger charge is -2.32. The predicted molar refractivity (Wildman–Crippen MR) is 99.0 cm³/mol. The van der Waals surface area contributed by atoms with Crippen LogP contribution in [0.15, 0.2) is 4.99 Å². The Balaban J connectivity index is 1.82. The van der Waals surface area contributed by atoms with E-state index in [4.69, 9.17) is 0 Å². The van der Waals surface area contributed by atoms with E-state index in [1.165, 1.54) is 4.88 Å². The van der Waals surface area contributed by atoms with Gasteiger partial charge in [0, 0.05) is 31.1 Å². The molecule has 136 valence electrons. The number of nitrogens with zero attached hydrogens (tertiary/aromatic N) is 3. The summed E-state index contributed by atoms with van der Waals surface area (Å²) in [6.45, 7) is 7.54. The van der Waals surface area contributed by atoms with Crippen molar-refractivity contribution in [2.45, 2.75) is 46.2 Å². The fourth-order valence-electron chi connectivity index (χ4n) is 2.62. The molecular weight excluding hydrogens is 346 g/mol. The highest BCUT2D eigenvalue weighted by molar-refractivity contribution is 7.89. The minimum absolute atomic E-state index is 0.168. The number of aryl methyl sites for hydroxylation is 2. The number of aliphatic imine (C=N–C) groups is 1. The predicted octanol–water partition coefficient (Wildman–Crippen LogP) is 1.24. The number of rotatable bonds is 5. The van der Waals surface area contributed by atoms with Gasteiger partial charge in [-0.05, 0) is 33.6 Å². The first-order valence-corrected chi connectivity index (χ1v) is 10.7. The molecule has 1 aromatic rings. The van der Waals surface area contributed by atoms with Gasteiger partial charge < -0.3 is 10.6 Å². The van der Waals surface area contributed by atoms with E-state index in [1.54, 1.807) is 29.6 Å². The molecule has 7 nitrogen and oxygen atoms in total. The minimum atomic E-state index is -3.07. The molecule has 0 bridgehead atoms. The Morgan fingerprint density at radius 2 is 2.04 bits per heavy atom. The Morgan fingerprint density at radius 1 is 1.38 bits per heavy atom. The number of thiazole rings is 1. The van der Waals surface area contributed by atoms with E-state index in [1.807, 2.05) is 6.92 Å². The molecule has 0 amide bonds. The van der Waals surface area contributed by atoms with Gasteiger partial charge in [0.05, 0.1) is 18.0 Å². The number of hydrogen-bond acceptors (Lipinski definition) is 5. The molecule has 1 aromatic heterocycles. The van der Waals surface area contributed by atoms with E-state index in [2.05, 4.69) is 27.5 Å². The maximum absolute atomic E-state index is 11.9. The van der Waals surface area contributed by atoms with Crippen molar-refractivity contribution in [3.63, 3.8) is 0 Å². The normalized spacial score (nSPS) is 17.9. The Kier molecular flexibility index (Phi) is 6.59. The Labute approximate surface area is 148 Å². The van der Waals surface area contributed by atoms with Crippen molar-refractivity contribution >= 4 is 27.3 Å². The van der Waals surface area contributed by atoms with Gasteiger partial charge in [0.1, 0.15) is 5.01 Å². The molecule has 0 aliphatic carbocycles. The largest absolute Gasteiger partial charge is 0.354 e. The molecule has 0 atom stereocenters. The highest BCUT2D eigenvalue weighted by Gasteiger charge is 2.26. The SMILES string of the molecule is CCS(=O)(=O)N1CCC(NC(=NC)NCc2nc(C)c(C)s2)CC1. The topological polar surface area (TPSA) is 86.7 Å². The monoisotopic (exact) mass is 373 g/mol. The Hall–Kier alpha value is -1.19. The molecule has 0 aromatic carbocycles. The van der Waals surface area contributed by atoms with Gasteiger partial charge in [-0.1, -0.05) is 0 Å². The minimum Gasteiger partial charge on any atom is -0.354 e. The highest BCUT2D eigenvalue weighted by atomic mass is 32.2. The molecule has 1 fully saturated rings. The van der Waals surface area contributed by atoms with Crippen LogP contribution in [0.2, 0.25) is 0 Å². The van der Waals surface area contributed by atoms with Crippen molar-refractivity contribution in [2.24, 2.45) is 4.99 Å². The van der Waals surface area contributed by atoms with Crippen LogP contribution in [-0.2, 0) is 16.6 Å². The van der Waals surface area contributed by atoms with Crippen LogP contribution < -0.4 is 10.6 Å². The number of sulfonamides is 1. The molecule has 0 radical (unpaired) electrons. The third-order valence-corrected chi connectivity index (χ3v) is 7.21. The second-order valence-electron chi connectivity index (χ2n) is 5.89. The Morgan fingerprint density at radius 3 is 2.54 bits per heavy atom. The van der Waals surface area contributed by atoms with E-state index < -0.39 is 10.0 Å². The zero-order valence-corrected chi connectivity index (χ0v) is 16.4. The third-order valence-electron chi connectivity index (χ3n) is 4.26. The molecule has 24 heavy (non-hydrogen) atoms. The van der Waals surface area contributed by atoms with Crippen molar-refractivity contribution in [1.82, 2.24) is 19.9 Å². The molecule has 1 aliphatic rings. The fraction of sp³-hybridized carbons (Fsp3) is 0.733. The molecule has 1 saturated heterocycles. The zero-order chi connectivity index (χ0) is 17.7. The first-order chi connectivity index (χ1) is 11.4. The van der Waals surface area contributed by atoms with Gasteiger partial charge in [0.2, 0.25) is 10.0 Å². The number of piperidine rings is 1. The maximum atomic E-state index is 11.9. The van der Waals surface area contributed by atoms with Crippen LogP contribution >= 0.6 is 11.3 Å². The second-order valence-corrected chi connectivity index (χ2v) is 9.44. The second kappa shape index (κ2) is 8.26. The number of hydrogen-bond donors (Lipinski definition) is 2. The van der Waals surface area contributed by atoms with E-state index in [0.717, 1.165) is 29.5 Å². The molecule has 0 spiro atoms. The molecule has 0 unspecified atom stereocenters. The summed E-state index contributed by atoms with van der Waals surface area (Å²) in [7, 11) is -1.33. The molecule has 2 rings (SSSR count). The van der Waals surface area contributed by atoms with Crippen LogP contribution in [-0.4, -0.2) is 55.6 Å². The number of guanidine groups is 1. The standard InChI is InChI=1S/C15H27N5O2S2/c1-5-24(21,22)20-8-6-13(7-9-20)19-15(16-4)17-10-14-18-11(2)12(3)23-14/h13H,5-10H2,1-4H3,(H2,16,17,19). The van der Waals surface area contributed by atoms with Crippen LogP contribution in [0.5, 0.6) is 0 Å². The van der Waals surface area contributed by atoms with Gasteiger partial charge in [-0.15, -0.1) is 11.3 Å². The summed E-state index contributed by atoms with van der Waals surface area (Å²) in [5, 5.41) is 7.70. The lowest BCUT2D eigenvalue weighted by Crippen LogP contribution is -2.49. The molecule has 0 saturated carbocycles. The van der Waals surface area contributed by atoms with Gasteiger partial charge >= 0.3 is 0 Å². The van der Waals surface area contributed by atoms with E-state index in [9.17, 15) is 8.42 Å². The van der Waals surface area contributed by atoms with Crippen molar-refractivity contribution < 1.29 is 8.42 Å². The van der Waals surface area contributed by atoms with Gasteiger partial charge in [-0.2, -0.15) is 0 Å². The fourth-order valence-corrected chi connectivity index (χ4v) is 4.63. The molecular formula is C15H27N5O2S2. The summed E-state index contributed by atoms with van der Waals surface area (Å²) in [5.74, 6) is 0.901. The zero-order valence-electron chi connectivity index (χ0n) is 14.8. The summed E-state index contributed by atoms with van der Waals surface area (Å²) in [6.07, 6.45) is 1.57. The van der Waals surface area contributed by atoms with Crippen molar-refractivity contribution in [1.29, 1.82) is 0 Å². The molecule has 2 heterocycles. The average molecular weight is 374 g/mol. The smallest absolute Gasteiger partial charge is 0.213 e. The summed E-state index contributed by atoms with van der Waals surface area (Å²) < 4.78 is 25.4. The molecule has 1 aliphatic heterocycles. The van der Waals surface area contributed by atoms with Crippen molar-refractivity contribution in [3.05, 3.63) is 15.6 Å². The number of aromatic nitrogens is 1. The van der Waals surface area contributed by atoms with Crippen LogP contribution in [0.3, 0.4) is 0 Å². The quantitative estimate of drug-likeness (QED) is 0.599. The maximum Gasteiger partial charge on any atom is 0.213 e. The average Bonchev–Trinajstić information content (AvgIpc) is 2.90. The van der Waals surface area contributed by atoms with E-state index >= 15 is 0 Å². The summed E-state index contributed by atoms with van der Waals surface area (Å²) >= 11 is 1.69. The van der Waals surface area contributed by atoms with Gasteiger partial charge in [0.15, 0.2) is 5.96 Å². The van der Waals surface area contributed by atoms with Crippen molar-refractivity contribution in [2.75, 3.05) is 25.9 Å². The van der Waals surface area contributed by atoms with Crippen molar-refractivity contribution in [3.8, 4) is 0 Å². The van der Waals surface area contributed by atoms with Crippen LogP contribution in [0, 0.1) is 13.8 Å². The van der Waals surface area contributed by atoms with E-state index in [-0.39, 0.29) is 11.8 Å². The lowest BCUT2D eigenvalue weighted by molar-refractivity contribution is 0.306. The lowest BCUT2D eigenvalue weighted by atomic mass is 10.1. The number of nitrogens with one attached hydrogen (secondary N) is 2. The van der Waals surface area contributed by atoms with Crippen LogP contribution in [0.1, 0.15) is 35.3 Å². The third kappa shape index (κ3) is 4.90.